The second-order valence-corrected chi connectivity index (χ2v) is 6.09. The first-order chi connectivity index (χ1) is 10.3. The topological polar surface area (TPSA) is 91.3 Å². The van der Waals surface area contributed by atoms with Crippen LogP contribution >= 0.6 is 11.3 Å². The van der Waals surface area contributed by atoms with Crippen LogP contribution in [0.3, 0.4) is 0 Å². The molecule has 0 spiro atoms. The molecule has 116 valence electrons. The van der Waals surface area contributed by atoms with E-state index in [0.717, 1.165) is 33.7 Å². The number of nitrogens with one attached hydrogen (secondary N) is 2. The molecule has 0 radical (unpaired) electrons. The molecule has 3 N–H and O–H groups in total. The Morgan fingerprint density at radius 2 is 1.68 bits per heavy atom. The third-order valence-corrected chi connectivity index (χ3v) is 4.20. The Balaban J connectivity index is 2.26. The van der Waals surface area contributed by atoms with E-state index in [9.17, 15) is 9.59 Å². The zero-order valence-electron chi connectivity index (χ0n) is 12.8. The molecule has 6 nitrogen and oxygen atoms in total. The molecule has 2 amide bonds. The van der Waals surface area contributed by atoms with E-state index in [1.54, 1.807) is 6.92 Å². The van der Waals surface area contributed by atoms with Gasteiger partial charge in [0, 0.05) is 5.69 Å². The van der Waals surface area contributed by atoms with E-state index >= 15 is 0 Å². The minimum absolute atomic E-state index is 0.188. The lowest BCUT2D eigenvalue weighted by Gasteiger charge is -2.12. The van der Waals surface area contributed by atoms with Gasteiger partial charge in [-0.3, -0.25) is 10.1 Å². The number of nitrogens with zero attached hydrogens (tertiary/aromatic N) is 1. The van der Waals surface area contributed by atoms with Crippen LogP contribution in [0.15, 0.2) is 12.1 Å². The number of aryl methyl sites for hydroxylation is 4. The summed E-state index contributed by atoms with van der Waals surface area (Å²) in [4.78, 5) is 27.5. The van der Waals surface area contributed by atoms with Gasteiger partial charge in [0.05, 0.1) is 5.69 Å². The molecule has 0 aliphatic carbocycles. The van der Waals surface area contributed by atoms with E-state index < -0.39 is 6.09 Å². The van der Waals surface area contributed by atoms with E-state index in [-0.39, 0.29) is 11.0 Å². The molecule has 0 aliphatic heterocycles. The van der Waals surface area contributed by atoms with Gasteiger partial charge in [0.1, 0.15) is 4.88 Å². The van der Waals surface area contributed by atoms with Crippen LogP contribution in [0.25, 0.3) is 0 Å². The Bertz CT molecular complexity index is 729. The van der Waals surface area contributed by atoms with Crippen molar-refractivity contribution in [3.8, 4) is 0 Å². The van der Waals surface area contributed by atoms with Crippen molar-refractivity contribution in [2.45, 2.75) is 27.7 Å². The molecule has 0 unspecified atom stereocenters. The first-order valence-electron chi connectivity index (χ1n) is 6.64. The largest absolute Gasteiger partial charge is 0.465 e. The van der Waals surface area contributed by atoms with E-state index in [1.165, 1.54) is 0 Å². The first kappa shape index (κ1) is 16.0. The van der Waals surface area contributed by atoms with E-state index in [4.69, 9.17) is 5.11 Å². The molecule has 0 bridgehead atoms. The van der Waals surface area contributed by atoms with Gasteiger partial charge in [-0.1, -0.05) is 29.0 Å². The average Bonchev–Trinajstić information content (AvgIpc) is 2.73. The third kappa shape index (κ3) is 3.43. The number of hydrogen-bond donors (Lipinski definition) is 3. The minimum Gasteiger partial charge on any atom is -0.465 e. The zero-order chi connectivity index (χ0) is 16.4. The van der Waals surface area contributed by atoms with Crippen molar-refractivity contribution >= 4 is 34.2 Å². The van der Waals surface area contributed by atoms with Gasteiger partial charge in [-0.15, -0.1) is 0 Å². The van der Waals surface area contributed by atoms with Crippen LogP contribution in [0.4, 0.5) is 15.6 Å². The molecule has 7 heteroatoms. The van der Waals surface area contributed by atoms with Crippen molar-refractivity contribution in [3.63, 3.8) is 0 Å². The third-order valence-electron chi connectivity index (χ3n) is 3.13. The Hall–Kier alpha value is -2.41. The van der Waals surface area contributed by atoms with E-state index in [0.29, 0.717) is 10.6 Å². The molecule has 22 heavy (non-hydrogen) atoms. The van der Waals surface area contributed by atoms with Crippen LogP contribution in [-0.2, 0) is 0 Å². The van der Waals surface area contributed by atoms with Gasteiger partial charge < -0.3 is 10.4 Å². The molecule has 0 saturated heterocycles. The highest BCUT2D eigenvalue weighted by molar-refractivity contribution is 7.17. The predicted molar refractivity (Wildman–Crippen MR) is 87.1 cm³/mol. The molecule has 2 rings (SSSR count). The summed E-state index contributed by atoms with van der Waals surface area (Å²) in [6.45, 7) is 7.55. The van der Waals surface area contributed by atoms with Crippen LogP contribution < -0.4 is 10.6 Å². The quantitative estimate of drug-likeness (QED) is 0.804. The van der Waals surface area contributed by atoms with E-state index in [2.05, 4.69) is 15.6 Å². The second-order valence-electron chi connectivity index (χ2n) is 5.09. The van der Waals surface area contributed by atoms with Gasteiger partial charge in [0.15, 0.2) is 5.13 Å². The molecular weight excluding hydrogens is 302 g/mol. The molecule has 0 fully saturated rings. The highest BCUT2D eigenvalue weighted by atomic mass is 32.1. The normalized spacial score (nSPS) is 10.4. The van der Waals surface area contributed by atoms with Crippen molar-refractivity contribution in [2.75, 3.05) is 10.6 Å². The summed E-state index contributed by atoms with van der Waals surface area (Å²) in [5.74, 6) is -0.288. The maximum atomic E-state index is 12.4. The summed E-state index contributed by atoms with van der Waals surface area (Å²) in [7, 11) is 0. The fourth-order valence-electron chi connectivity index (χ4n) is 2.30. The smallest absolute Gasteiger partial charge is 0.410 e. The fraction of sp³-hybridized carbons (Fsp3) is 0.267. The average molecular weight is 319 g/mol. The number of carbonyl (C=O) groups is 2. The van der Waals surface area contributed by atoms with Gasteiger partial charge in [-0.2, -0.15) is 0 Å². The maximum Gasteiger partial charge on any atom is 0.410 e. The second kappa shape index (κ2) is 6.15. The summed E-state index contributed by atoms with van der Waals surface area (Å²) in [5.41, 5.74) is 4.37. The number of carboxylic acid groups (broad SMARTS) is 1. The lowest BCUT2D eigenvalue weighted by atomic mass is 10.1. The predicted octanol–water partition coefficient (Wildman–Crippen LogP) is 3.72. The Morgan fingerprint density at radius 1 is 1.09 bits per heavy atom. The lowest BCUT2D eigenvalue weighted by Crippen LogP contribution is -2.13. The molecule has 0 atom stereocenters. The fourth-order valence-corrected chi connectivity index (χ4v) is 3.15. The van der Waals surface area contributed by atoms with Crippen LogP contribution in [0.1, 0.15) is 32.1 Å². The Kier molecular flexibility index (Phi) is 4.46. The Labute approximate surface area is 132 Å². The van der Waals surface area contributed by atoms with Crippen molar-refractivity contribution in [1.82, 2.24) is 4.98 Å². The van der Waals surface area contributed by atoms with Gasteiger partial charge in [0.2, 0.25) is 0 Å². The van der Waals surface area contributed by atoms with Crippen molar-refractivity contribution < 1.29 is 14.7 Å². The molecular formula is C15H17N3O3S. The molecule has 0 aliphatic rings. The van der Waals surface area contributed by atoms with Gasteiger partial charge in [0.25, 0.3) is 5.91 Å². The molecule has 1 heterocycles. The van der Waals surface area contributed by atoms with Gasteiger partial charge >= 0.3 is 6.09 Å². The lowest BCUT2D eigenvalue weighted by molar-refractivity contribution is 0.102. The van der Waals surface area contributed by atoms with Crippen molar-refractivity contribution in [1.29, 1.82) is 0 Å². The maximum absolute atomic E-state index is 12.4. The molecule has 1 aromatic heterocycles. The molecule has 2 aromatic rings. The van der Waals surface area contributed by atoms with Crippen LogP contribution in [0.5, 0.6) is 0 Å². The highest BCUT2D eigenvalue weighted by Gasteiger charge is 2.18. The highest BCUT2D eigenvalue weighted by Crippen LogP contribution is 2.26. The number of anilines is 2. The summed E-state index contributed by atoms with van der Waals surface area (Å²) in [6.07, 6.45) is -1.20. The summed E-state index contributed by atoms with van der Waals surface area (Å²) >= 11 is 1.01. The zero-order valence-corrected chi connectivity index (χ0v) is 13.6. The molecule has 0 saturated carbocycles. The van der Waals surface area contributed by atoms with Crippen LogP contribution in [0.2, 0.25) is 0 Å². The SMILES string of the molecule is Cc1cc(C)c(NC(=O)c2sc(NC(=O)O)nc2C)c(C)c1. The molecule has 1 aromatic carbocycles. The standard InChI is InChI=1S/C15H17N3O3S/c1-7-5-8(2)11(9(3)6-7)17-13(19)12-10(4)16-14(22-12)18-15(20)21/h5-6H,1-4H3,(H,16,18)(H,17,19)(H,20,21). The van der Waals surface area contributed by atoms with Crippen LogP contribution in [-0.4, -0.2) is 22.1 Å². The van der Waals surface area contributed by atoms with Crippen molar-refractivity contribution in [3.05, 3.63) is 39.4 Å². The number of amides is 2. The summed E-state index contributed by atoms with van der Waals surface area (Å²) in [6, 6.07) is 4.00. The van der Waals surface area contributed by atoms with Crippen LogP contribution in [0, 0.1) is 27.7 Å². The van der Waals surface area contributed by atoms with Gasteiger partial charge in [-0.05, 0) is 38.8 Å². The monoisotopic (exact) mass is 319 g/mol. The number of carbonyl (C=O) groups excluding carboxylic acids is 1. The number of hydrogen-bond acceptors (Lipinski definition) is 4. The van der Waals surface area contributed by atoms with E-state index in [1.807, 2.05) is 32.9 Å². The summed E-state index contributed by atoms with van der Waals surface area (Å²) < 4.78 is 0. The number of thiazole rings is 1. The Morgan fingerprint density at radius 3 is 2.23 bits per heavy atom. The first-order valence-corrected chi connectivity index (χ1v) is 7.46. The minimum atomic E-state index is -1.20. The van der Waals surface area contributed by atoms with Crippen molar-refractivity contribution in [2.24, 2.45) is 0 Å². The number of aromatic nitrogens is 1. The summed E-state index contributed by atoms with van der Waals surface area (Å²) in [5, 5.41) is 13.9. The number of rotatable bonds is 3. The van der Waals surface area contributed by atoms with Gasteiger partial charge in [-0.25, -0.2) is 9.78 Å². The number of benzene rings is 1.